The Labute approximate surface area is 105 Å². The summed E-state index contributed by atoms with van der Waals surface area (Å²) in [6.07, 6.45) is 0. The number of carbonyl (C=O) groups is 1. The molecule has 0 saturated heterocycles. The Bertz CT molecular complexity index is 378. The average Bonchev–Trinajstić information content (AvgIpc) is 2.07. The van der Waals surface area contributed by atoms with Gasteiger partial charge in [0.15, 0.2) is 0 Å². The van der Waals surface area contributed by atoms with Gasteiger partial charge in [-0.05, 0) is 53.9 Å². The summed E-state index contributed by atoms with van der Waals surface area (Å²) in [6, 6.07) is 1.44. The minimum absolute atomic E-state index is 0.0589. The van der Waals surface area contributed by atoms with E-state index in [4.69, 9.17) is 16.7 Å². The number of hydrogen-bond donors (Lipinski definition) is 1. The van der Waals surface area contributed by atoms with E-state index in [2.05, 4.69) is 47.8 Å². The highest BCUT2D eigenvalue weighted by atomic mass is 79.9. The number of rotatable bonds is 1. The van der Waals surface area contributed by atoms with Crippen LogP contribution in [0, 0.1) is 0 Å². The van der Waals surface area contributed by atoms with E-state index in [-0.39, 0.29) is 10.6 Å². The molecule has 0 radical (unpaired) electrons. The summed E-state index contributed by atoms with van der Waals surface area (Å²) in [4.78, 5) is 10.7. The maximum Gasteiger partial charge on any atom is 0.337 e. The summed E-state index contributed by atoms with van der Waals surface area (Å²) in [5, 5.41) is 8.95. The van der Waals surface area contributed by atoms with Crippen LogP contribution in [0.5, 0.6) is 0 Å². The van der Waals surface area contributed by atoms with Crippen LogP contribution in [-0.2, 0) is 0 Å². The van der Waals surface area contributed by atoms with E-state index in [9.17, 15) is 4.79 Å². The van der Waals surface area contributed by atoms with Gasteiger partial charge in [-0.1, -0.05) is 11.6 Å². The first-order valence-electron chi connectivity index (χ1n) is 3.01. The van der Waals surface area contributed by atoms with Crippen molar-refractivity contribution in [3.63, 3.8) is 0 Å². The van der Waals surface area contributed by atoms with Gasteiger partial charge in [0.2, 0.25) is 0 Å². The maximum absolute atomic E-state index is 10.7. The van der Waals surface area contributed by atoms with Crippen LogP contribution >= 0.6 is 59.4 Å². The molecule has 1 aromatic rings. The lowest BCUT2D eigenvalue weighted by atomic mass is 10.2. The van der Waals surface area contributed by atoms with Crippen molar-refractivity contribution in [2.45, 2.75) is 0 Å². The van der Waals surface area contributed by atoms with Crippen molar-refractivity contribution in [1.29, 1.82) is 0 Å². The van der Waals surface area contributed by atoms with E-state index in [0.717, 1.165) is 0 Å². The summed E-state index contributed by atoms with van der Waals surface area (Å²) in [5.41, 5.74) is 0.0589. The zero-order valence-corrected chi connectivity index (χ0v) is 11.5. The van der Waals surface area contributed by atoms with Crippen molar-refractivity contribution in [1.82, 2.24) is 0 Å². The molecule has 0 spiro atoms. The first-order chi connectivity index (χ1) is 5.95. The van der Waals surface area contributed by atoms with Gasteiger partial charge in [0.05, 0.1) is 15.1 Å². The van der Waals surface area contributed by atoms with Gasteiger partial charge in [0.1, 0.15) is 0 Å². The van der Waals surface area contributed by atoms with Crippen molar-refractivity contribution < 1.29 is 9.90 Å². The summed E-state index contributed by atoms with van der Waals surface area (Å²) >= 11 is 15.4. The fourth-order valence-electron chi connectivity index (χ4n) is 0.728. The molecule has 1 N–H and O–H groups in total. The molecule has 0 aliphatic carbocycles. The third-order valence-electron chi connectivity index (χ3n) is 1.33. The summed E-state index contributed by atoms with van der Waals surface area (Å²) in [7, 11) is 0. The molecule has 0 unspecified atom stereocenters. The highest BCUT2D eigenvalue weighted by Crippen LogP contribution is 2.38. The molecule has 1 rings (SSSR count). The second-order valence-corrected chi connectivity index (χ2v) is 4.97. The fraction of sp³-hybridized carbons (Fsp3) is 0. The molecule has 0 fully saturated rings. The Hall–Kier alpha value is 0.420. The standard InChI is InChI=1S/C7H2Br3ClO2/c8-3-1-2(7(12)13)6(11)5(10)4(3)9/h1H,(H,12,13). The molecule has 0 bridgehead atoms. The van der Waals surface area contributed by atoms with E-state index >= 15 is 0 Å². The average molecular weight is 393 g/mol. The van der Waals surface area contributed by atoms with Gasteiger partial charge in [0.25, 0.3) is 0 Å². The van der Waals surface area contributed by atoms with Crippen LogP contribution in [0.15, 0.2) is 19.5 Å². The van der Waals surface area contributed by atoms with Crippen molar-refractivity contribution in [2.75, 3.05) is 0 Å². The first kappa shape index (κ1) is 11.5. The monoisotopic (exact) mass is 390 g/mol. The molecule has 0 saturated carbocycles. The number of benzene rings is 1. The first-order valence-corrected chi connectivity index (χ1v) is 5.77. The molecule has 0 heterocycles. The molecule has 1 aromatic carbocycles. The van der Waals surface area contributed by atoms with Gasteiger partial charge in [0, 0.05) is 8.95 Å². The summed E-state index contributed by atoms with van der Waals surface area (Å²) in [5.74, 6) is -1.06. The Morgan fingerprint density at radius 1 is 1.31 bits per heavy atom. The Kier molecular flexibility index (Phi) is 3.80. The van der Waals surface area contributed by atoms with Gasteiger partial charge >= 0.3 is 5.97 Å². The molecule has 70 valence electrons. The van der Waals surface area contributed by atoms with Gasteiger partial charge in [-0.2, -0.15) is 0 Å². The number of carboxylic acid groups (broad SMARTS) is 1. The molecule has 6 heteroatoms. The van der Waals surface area contributed by atoms with Crippen LogP contribution in [0.2, 0.25) is 5.02 Å². The third kappa shape index (κ3) is 2.26. The lowest BCUT2D eigenvalue weighted by Crippen LogP contribution is -1.98. The normalized spacial score (nSPS) is 10.2. The Balaban J connectivity index is 3.50. The van der Waals surface area contributed by atoms with Crippen molar-refractivity contribution >= 4 is 65.4 Å². The SMILES string of the molecule is O=C(O)c1cc(Br)c(Br)c(Br)c1Cl. The summed E-state index contributed by atoms with van der Waals surface area (Å²) < 4.78 is 1.87. The highest BCUT2D eigenvalue weighted by molar-refractivity contribution is 9.14. The van der Waals surface area contributed by atoms with E-state index < -0.39 is 5.97 Å². The van der Waals surface area contributed by atoms with Gasteiger partial charge in [-0.3, -0.25) is 0 Å². The zero-order valence-electron chi connectivity index (χ0n) is 5.94. The van der Waals surface area contributed by atoms with Gasteiger partial charge < -0.3 is 5.11 Å². The quantitative estimate of drug-likeness (QED) is 0.570. The highest BCUT2D eigenvalue weighted by Gasteiger charge is 2.16. The topological polar surface area (TPSA) is 37.3 Å². The number of aromatic carboxylic acids is 1. The second-order valence-electron chi connectivity index (χ2n) is 2.15. The number of hydrogen-bond acceptors (Lipinski definition) is 1. The molecule has 13 heavy (non-hydrogen) atoms. The smallest absolute Gasteiger partial charge is 0.337 e. The van der Waals surface area contributed by atoms with Crippen molar-refractivity contribution in [2.24, 2.45) is 0 Å². The minimum Gasteiger partial charge on any atom is -0.478 e. The Morgan fingerprint density at radius 2 is 1.85 bits per heavy atom. The molecule has 0 aromatic heterocycles. The maximum atomic E-state index is 10.7. The van der Waals surface area contributed by atoms with Crippen LogP contribution in [0.25, 0.3) is 0 Å². The Morgan fingerprint density at radius 3 is 2.31 bits per heavy atom. The molecule has 0 amide bonds. The molecule has 2 nitrogen and oxygen atoms in total. The van der Waals surface area contributed by atoms with Crippen LogP contribution in [-0.4, -0.2) is 11.1 Å². The van der Waals surface area contributed by atoms with Crippen LogP contribution in [0.4, 0.5) is 0 Å². The van der Waals surface area contributed by atoms with Gasteiger partial charge in [-0.15, -0.1) is 0 Å². The van der Waals surface area contributed by atoms with Crippen LogP contribution in [0.3, 0.4) is 0 Å². The molecule has 0 aliphatic heterocycles. The number of halogens is 4. The van der Waals surface area contributed by atoms with E-state index in [1.54, 1.807) is 0 Å². The predicted octanol–water partition coefficient (Wildman–Crippen LogP) is 4.33. The lowest BCUT2D eigenvalue weighted by molar-refractivity contribution is 0.0697. The predicted molar refractivity (Wildman–Crippen MR) is 61.5 cm³/mol. The largest absolute Gasteiger partial charge is 0.478 e. The van der Waals surface area contributed by atoms with Gasteiger partial charge in [-0.25, -0.2) is 4.79 Å². The van der Waals surface area contributed by atoms with E-state index in [1.807, 2.05) is 0 Å². The number of carboxylic acids is 1. The van der Waals surface area contributed by atoms with Crippen molar-refractivity contribution in [3.05, 3.63) is 30.1 Å². The summed E-state index contributed by atoms with van der Waals surface area (Å²) in [6.45, 7) is 0. The minimum atomic E-state index is -1.06. The lowest BCUT2D eigenvalue weighted by Gasteiger charge is -2.05. The fourth-order valence-corrected chi connectivity index (χ4v) is 2.51. The third-order valence-corrected chi connectivity index (χ3v) is 5.26. The molecule has 0 atom stereocenters. The van der Waals surface area contributed by atoms with E-state index in [1.165, 1.54) is 6.07 Å². The van der Waals surface area contributed by atoms with Crippen LogP contribution in [0.1, 0.15) is 10.4 Å². The molecule has 0 aliphatic rings. The van der Waals surface area contributed by atoms with Crippen LogP contribution < -0.4 is 0 Å². The molecular formula is C7H2Br3ClO2. The van der Waals surface area contributed by atoms with E-state index in [0.29, 0.717) is 13.4 Å². The molecular weight excluding hydrogens is 391 g/mol. The second kappa shape index (κ2) is 4.29. The van der Waals surface area contributed by atoms with Crippen molar-refractivity contribution in [3.8, 4) is 0 Å². The zero-order chi connectivity index (χ0) is 10.2.